The van der Waals surface area contributed by atoms with E-state index in [9.17, 15) is 18.7 Å². The third-order valence-corrected chi connectivity index (χ3v) is 4.48. The first kappa shape index (κ1) is 15.6. The minimum absolute atomic E-state index is 0.0363. The van der Waals surface area contributed by atoms with Crippen molar-refractivity contribution in [3.8, 4) is 0 Å². The van der Waals surface area contributed by atoms with Gasteiger partial charge in [-0.25, -0.2) is 8.78 Å². The van der Waals surface area contributed by atoms with Gasteiger partial charge in [-0.3, -0.25) is 4.79 Å². The topological polar surface area (TPSA) is 49.8 Å². The maximum absolute atomic E-state index is 12.0. The van der Waals surface area contributed by atoms with Gasteiger partial charge >= 0.3 is 0 Å². The van der Waals surface area contributed by atoms with Crippen molar-refractivity contribution in [2.75, 3.05) is 26.3 Å². The molecule has 1 saturated carbocycles. The fraction of sp³-hybridized carbons (Fsp3) is 0.929. The first-order chi connectivity index (χ1) is 9.51. The molecule has 1 N–H and O–H groups in total. The van der Waals surface area contributed by atoms with E-state index in [0.717, 1.165) is 25.7 Å². The average Bonchev–Trinajstić information content (AvgIpc) is 2.42. The van der Waals surface area contributed by atoms with Gasteiger partial charge < -0.3 is 14.7 Å². The maximum Gasteiger partial charge on any atom is 0.261 e. The highest BCUT2D eigenvalue weighted by Gasteiger charge is 2.43. The lowest BCUT2D eigenvalue weighted by Gasteiger charge is -2.47. The predicted molar refractivity (Wildman–Crippen MR) is 69.5 cm³/mol. The van der Waals surface area contributed by atoms with Crippen molar-refractivity contribution < 1.29 is 23.4 Å². The Balaban J connectivity index is 1.75. The van der Waals surface area contributed by atoms with Crippen molar-refractivity contribution in [1.82, 2.24) is 4.90 Å². The van der Waals surface area contributed by atoms with Gasteiger partial charge in [0.05, 0.1) is 18.6 Å². The molecule has 1 aliphatic carbocycles. The quantitative estimate of drug-likeness (QED) is 0.786. The second kappa shape index (κ2) is 6.80. The van der Waals surface area contributed by atoms with Crippen molar-refractivity contribution >= 4 is 5.91 Å². The Bertz CT molecular complexity index is 340. The number of rotatable bonds is 5. The largest absolute Gasteiger partial charge is 0.389 e. The second-order valence-corrected chi connectivity index (χ2v) is 5.85. The summed E-state index contributed by atoms with van der Waals surface area (Å²) in [7, 11) is 0. The maximum atomic E-state index is 12.0. The molecular formula is C14H23F2NO3. The number of ether oxygens (including phenoxy) is 1. The molecule has 0 spiro atoms. The lowest BCUT2D eigenvalue weighted by atomic mass is 9.71. The number of likely N-dealkylation sites (tertiary alicyclic amines) is 1. The van der Waals surface area contributed by atoms with Gasteiger partial charge in [-0.2, -0.15) is 0 Å². The van der Waals surface area contributed by atoms with Gasteiger partial charge in [0.15, 0.2) is 0 Å². The normalized spacial score (nSPS) is 30.4. The molecule has 2 atom stereocenters. The number of halogens is 2. The van der Waals surface area contributed by atoms with Crippen LogP contribution in [0.4, 0.5) is 8.78 Å². The van der Waals surface area contributed by atoms with Crippen LogP contribution < -0.4 is 0 Å². The highest BCUT2D eigenvalue weighted by atomic mass is 19.3. The van der Waals surface area contributed by atoms with E-state index >= 15 is 0 Å². The van der Waals surface area contributed by atoms with Gasteiger partial charge in [-0.1, -0.05) is 12.8 Å². The standard InChI is InChI=1S/C14H23F2NO3/c15-12(16)10-20-8-4-13(18)17-7-6-14(19)5-2-1-3-11(14)9-17/h11-12,19H,1-10H2. The Kier molecular flexibility index (Phi) is 5.32. The second-order valence-electron chi connectivity index (χ2n) is 5.85. The van der Waals surface area contributed by atoms with Crippen LogP contribution in [-0.2, 0) is 9.53 Å². The van der Waals surface area contributed by atoms with Crippen molar-refractivity contribution in [2.24, 2.45) is 5.92 Å². The Morgan fingerprint density at radius 3 is 2.95 bits per heavy atom. The highest BCUT2D eigenvalue weighted by Crippen LogP contribution is 2.39. The molecule has 0 bridgehead atoms. The fourth-order valence-electron chi connectivity index (χ4n) is 3.29. The molecule has 4 nitrogen and oxygen atoms in total. The van der Waals surface area contributed by atoms with Gasteiger partial charge in [0, 0.05) is 19.0 Å². The van der Waals surface area contributed by atoms with E-state index in [1.165, 1.54) is 0 Å². The molecule has 1 heterocycles. The van der Waals surface area contributed by atoms with Crippen LogP contribution in [-0.4, -0.2) is 54.2 Å². The van der Waals surface area contributed by atoms with Gasteiger partial charge in [-0.05, 0) is 19.3 Å². The molecule has 0 aromatic heterocycles. The monoisotopic (exact) mass is 291 g/mol. The van der Waals surface area contributed by atoms with Gasteiger partial charge in [0.1, 0.15) is 6.61 Å². The lowest BCUT2D eigenvalue weighted by molar-refractivity contribution is -0.144. The number of carbonyl (C=O) groups excluding carboxylic acids is 1. The molecule has 2 aliphatic rings. The number of alkyl halides is 2. The third-order valence-electron chi connectivity index (χ3n) is 4.48. The summed E-state index contributed by atoms with van der Waals surface area (Å²) in [5.74, 6) is 0.0998. The summed E-state index contributed by atoms with van der Waals surface area (Å²) in [6.07, 6.45) is 2.23. The molecular weight excluding hydrogens is 268 g/mol. The van der Waals surface area contributed by atoms with E-state index in [1.54, 1.807) is 4.90 Å². The molecule has 2 fully saturated rings. The average molecular weight is 291 g/mol. The fourth-order valence-corrected chi connectivity index (χ4v) is 3.29. The number of carbonyl (C=O) groups is 1. The number of amides is 1. The zero-order valence-electron chi connectivity index (χ0n) is 11.7. The Morgan fingerprint density at radius 1 is 1.40 bits per heavy atom. The number of aliphatic hydroxyl groups is 1. The smallest absolute Gasteiger partial charge is 0.261 e. The van der Waals surface area contributed by atoms with Crippen LogP contribution in [0.15, 0.2) is 0 Å². The first-order valence-corrected chi connectivity index (χ1v) is 7.37. The van der Waals surface area contributed by atoms with E-state index in [1.807, 2.05) is 0 Å². The third kappa shape index (κ3) is 3.88. The molecule has 1 amide bonds. The van der Waals surface area contributed by atoms with Crippen molar-refractivity contribution in [1.29, 1.82) is 0 Å². The van der Waals surface area contributed by atoms with Crippen molar-refractivity contribution in [3.05, 3.63) is 0 Å². The van der Waals surface area contributed by atoms with E-state index in [0.29, 0.717) is 19.5 Å². The van der Waals surface area contributed by atoms with Crippen LogP contribution in [0.1, 0.15) is 38.5 Å². The molecule has 0 aromatic rings. The molecule has 6 heteroatoms. The summed E-state index contributed by atoms with van der Waals surface area (Å²) in [6.45, 7) is 0.565. The minimum atomic E-state index is -2.49. The van der Waals surface area contributed by atoms with Gasteiger partial charge in [0.2, 0.25) is 5.91 Å². The molecule has 20 heavy (non-hydrogen) atoms. The predicted octanol–water partition coefficient (Wildman–Crippen LogP) is 1.81. The number of hydrogen-bond donors (Lipinski definition) is 1. The van der Waals surface area contributed by atoms with Crippen LogP contribution in [0.5, 0.6) is 0 Å². The summed E-state index contributed by atoms with van der Waals surface area (Å²) in [6, 6.07) is 0. The Hall–Kier alpha value is -0.750. The molecule has 2 rings (SSSR count). The van der Waals surface area contributed by atoms with Crippen LogP contribution in [0.2, 0.25) is 0 Å². The summed E-state index contributed by atoms with van der Waals surface area (Å²) < 4.78 is 28.5. The van der Waals surface area contributed by atoms with E-state index in [4.69, 9.17) is 4.74 Å². The van der Waals surface area contributed by atoms with Crippen LogP contribution >= 0.6 is 0 Å². The zero-order valence-corrected chi connectivity index (χ0v) is 11.7. The SMILES string of the molecule is O=C(CCOCC(F)F)N1CCC2(O)CCCCC2C1. The van der Waals surface area contributed by atoms with Crippen LogP contribution in [0.25, 0.3) is 0 Å². The van der Waals surface area contributed by atoms with E-state index in [-0.39, 0.29) is 24.9 Å². The zero-order chi connectivity index (χ0) is 14.6. The van der Waals surface area contributed by atoms with Gasteiger partial charge in [0.25, 0.3) is 6.43 Å². The molecule has 0 aromatic carbocycles. The Labute approximate surface area is 118 Å². The summed E-state index contributed by atoms with van der Waals surface area (Å²) in [5, 5.41) is 10.5. The van der Waals surface area contributed by atoms with Crippen LogP contribution in [0, 0.1) is 5.92 Å². The number of hydrogen-bond acceptors (Lipinski definition) is 3. The molecule has 0 radical (unpaired) electrons. The number of fused-ring (bicyclic) bond motifs is 1. The summed E-state index contributed by atoms with van der Waals surface area (Å²) in [5.41, 5.74) is -0.596. The number of nitrogens with zero attached hydrogens (tertiary/aromatic N) is 1. The van der Waals surface area contributed by atoms with Gasteiger partial charge in [-0.15, -0.1) is 0 Å². The van der Waals surface area contributed by atoms with Crippen molar-refractivity contribution in [3.63, 3.8) is 0 Å². The summed E-state index contributed by atoms with van der Waals surface area (Å²) in [4.78, 5) is 13.7. The number of piperidine rings is 1. The molecule has 2 unspecified atom stereocenters. The molecule has 116 valence electrons. The molecule has 1 aliphatic heterocycles. The summed E-state index contributed by atoms with van der Waals surface area (Å²) >= 11 is 0. The Morgan fingerprint density at radius 2 is 2.20 bits per heavy atom. The van der Waals surface area contributed by atoms with E-state index < -0.39 is 18.6 Å². The highest BCUT2D eigenvalue weighted by molar-refractivity contribution is 5.76. The van der Waals surface area contributed by atoms with Crippen molar-refractivity contribution in [2.45, 2.75) is 50.6 Å². The minimum Gasteiger partial charge on any atom is -0.389 e. The first-order valence-electron chi connectivity index (χ1n) is 7.37. The van der Waals surface area contributed by atoms with E-state index in [2.05, 4.69) is 0 Å². The van der Waals surface area contributed by atoms with Crippen LogP contribution in [0.3, 0.4) is 0 Å². The lowest BCUT2D eigenvalue weighted by Crippen LogP contribution is -2.54. The molecule has 1 saturated heterocycles.